The van der Waals surface area contributed by atoms with Gasteiger partial charge < -0.3 is 19.3 Å². The summed E-state index contributed by atoms with van der Waals surface area (Å²) >= 11 is 0. The lowest BCUT2D eigenvalue weighted by Gasteiger charge is -2.41. The maximum atomic E-state index is 13.1. The lowest BCUT2D eigenvalue weighted by atomic mass is 9.79. The number of carbonyl (C=O) groups is 3. The molecule has 276 valence electrons. The van der Waals surface area contributed by atoms with Crippen LogP contribution in [0.2, 0.25) is 0 Å². The number of likely N-dealkylation sites (tertiary alicyclic amines) is 1. The first kappa shape index (κ1) is 43.4. The van der Waals surface area contributed by atoms with Crippen LogP contribution in [-0.2, 0) is 23.9 Å². The molecule has 0 unspecified atom stereocenters. The topological polar surface area (TPSA) is 76.1 Å². The molecule has 0 N–H and O–H groups in total. The van der Waals surface area contributed by atoms with Crippen LogP contribution in [0.5, 0.6) is 0 Å². The minimum atomic E-state index is -0.421. The van der Waals surface area contributed by atoms with Crippen molar-refractivity contribution >= 4 is 17.8 Å². The van der Waals surface area contributed by atoms with Crippen molar-refractivity contribution in [3.63, 3.8) is 0 Å². The normalized spacial score (nSPS) is 14.4. The van der Waals surface area contributed by atoms with Gasteiger partial charge in [-0.15, -0.1) is 0 Å². The van der Waals surface area contributed by atoms with Crippen LogP contribution in [0, 0.1) is 5.41 Å². The van der Waals surface area contributed by atoms with Crippen LogP contribution in [0.4, 0.5) is 0 Å². The average Bonchev–Trinajstić information content (AvgIpc) is 3.07. The Balaban J connectivity index is 2.52. The summed E-state index contributed by atoms with van der Waals surface area (Å²) in [7, 11) is 0. The summed E-state index contributed by atoms with van der Waals surface area (Å²) in [5, 5.41) is 0. The standard InChI is InChI=1S/C40H76N2O5/c1-5-9-11-13-15-17-19-21-23-25-38(44)46-35-40(36-47-39(45)26-24-22-20-18-16-14-12-10-6-2)28-33-42(34-29-40)37(43)27-32-41(30-7-3)31-8-4/h5-36H2,1-4H3. The van der Waals surface area contributed by atoms with Crippen LogP contribution in [0.25, 0.3) is 0 Å². The molecule has 7 nitrogen and oxygen atoms in total. The van der Waals surface area contributed by atoms with E-state index in [0.717, 1.165) is 58.2 Å². The van der Waals surface area contributed by atoms with Crippen molar-refractivity contribution in [2.75, 3.05) is 45.9 Å². The fraction of sp³-hybridized carbons (Fsp3) is 0.925. The molecule has 0 aromatic rings. The average molecular weight is 665 g/mol. The Morgan fingerprint density at radius 1 is 0.511 bits per heavy atom. The lowest BCUT2D eigenvalue weighted by Crippen LogP contribution is -2.48. The molecular weight excluding hydrogens is 588 g/mol. The van der Waals surface area contributed by atoms with E-state index in [2.05, 4.69) is 32.6 Å². The molecule has 0 radical (unpaired) electrons. The van der Waals surface area contributed by atoms with E-state index in [4.69, 9.17) is 9.47 Å². The van der Waals surface area contributed by atoms with Gasteiger partial charge in [0.05, 0.1) is 0 Å². The van der Waals surface area contributed by atoms with Gasteiger partial charge in [-0.1, -0.05) is 130 Å². The van der Waals surface area contributed by atoms with Crippen LogP contribution in [-0.4, -0.2) is 73.6 Å². The van der Waals surface area contributed by atoms with Gasteiger partial charge in [0.15, 0.2) is 0 Å². The molecule has 1 fully saturated rings. The smallest absolute Gasteiger partial charge is 0.305 e. The number of hydrogen-bond acceptors (Lipinski definition) is 6. The van der Waals surface area contributed by atoms with Gasteiger partial charge in [0.1, 0.15) is 13.2 Å². The number of esters is 2. The Bertz CT molecular complexity index is 735. The van der Waals surface area contributed by atoms with E-state index >= 15 is 0 Å². The van der Waals surface area contributed by atoms with E-state index in [0.29, 0.717) is 45.2 Å². The first-order valence-electron chi connectivity index (χ1n) is 20.2. The molecule has 0 saturated carbocycles. The number of hydrogen-bond donors (Lipinski definition) is 0. The maximum Gasteiger partial charge on any atom is 0.305 e. The minimum absolute atomic E-state index is 0.154. The second-order valence-corrected chi connectivity index (χ2v) is 14.5. The third kappa shape index (κ3) is 22.6. The van der Waals surface area contributed by atoms with Crippen molar-refractivity contribution in [3.05, 3.63) is 0 Å². The molecule has 47 heavy (non-hydrogen) atoms. The third-order valence-corrected chi connectivity index (χ3v) is 9.95. The van der Waals surface area contributed by atoms with Crippen molar-refractivity contribution in [2.24, 2.45) is 5.41 Å². The summed E-state index contributed by atoms with van der Waals surface area (Å²) in [6.07, 6.45) is 26.8. The van der Waals surface area contributed by atoms with Crippen molar-refractivity contribution in [2.45, 2.75) is 188 Å². The van der Waals surface area contributed by atoms with Crippen molar-refractivity contribution < 1.29 is 23.9 Å². The summed E-state index contributed by atoms with van der Waals surface area (Å²) in [4.78, 5) is 42.8. The highest BCUT2D eigenvalue weighted by Gasteiger charge is 2.38. The maximum absolute atomic E-state index is 13.1. The number of unbranched alkanes of at least 4 members (excludes halogenated alkanes) is 16. The Kier molecular flexibility index (Phi) is 27.1. The predicted molar refractivity (Wildman–Crippen MR) is 195 cm³/mol. The molecule has 0 atom stereocenters. The number of nitrogens with zero attached hydrogens (tertiary/aromatic N) is 2. The predicted octanol–water partition coefficient (Wildman–Crippen LogP) is 10.0. The zero-order valence-electron chi connectivity index (χ0n) is 31.6. The van der Waals surface area contributed by atoms with E-state index in [1.165, 1.54) is 89.9 Å². The quantitative estimate of drug-likeness (QED) is 0.0542. The molecule has 1 aliphatic heterocycles. The largest absolute Gasteiger partial charge is 0.465 e. The molecule has 1 heterocycles. The lowest BCUT2D eigenvalue weighted by molar-refractivity contribution is -0.158. The van der Waals surface area contributed by atoms with Gasteiger partial charge in [-0.3, -0.25) is 14.4 Å². The zero-order valence-corrected chi connectivity index (χ0v) is 31.6. The van der Waals surface area contributed by atoms with E-state index < -0.39 is 5.41 Å². The molecule has 1 amide bonds. The fourth-order valence-corrected chi connectivity index (χ4v) is 6.71. The van der Waals surface area contributed by atoms with E-state index in [-0.39, 0.29) is 31.1 Å². The van der Waals surface area contributed by atoms with Gasteiger partial charge in [0, 0.05) is 44.3 Å². The minimum Gasteiger partial charge on any atom is -0.465 e. The second-order valence-electron chi connectivity index (χ2n) is 14.5. The summed E-state index contributed by atoms with van der Waals surface area (Å²) in [6.45, 7) is 13.5. The summed E-state index contributed by atoms with van der Waals surface area (Å²) in [5.41, 5.74) is -0.421. The molecule has 0 bridgehead atoms. The highest BCUT2D eigenvalue weighted by molar-refractivity contribution is 5.76. The molecule has 0 aromatic carbocycles. The van der Waals surface area contributed by atoms with Gasteiger partial charge in [-0.2, -0.15) is 0 Å². The Morgan fingerprint density at radius 2 is 0.894 bits per heavy atom. The first-order chi connectivity index (χ1) is 22.9. The van der Waals surface area contributed by atoms with Crippen molar-refractivity contribution in [3.8, 4) is 0 Å². The van der Waals surface area contributed by atoms with Crippen LogP contribution in [0.3, 0.4) is 0 Å². The van der Waals surface area contributed by atoms with Crippen LogP contribution < -0.4 is 0 Å². The molecule has 1 saturated heterocycles. The number of piperidine rings is 1. The molecule has 0 aromatic heterocycles. The van der Waals surface area contributed by atoms with Gasteiger partial charge in [-0.25, -0.2) is 0 Å². The first-order valence-corrected chi connectivity index (χ1v) is 20.2. The van der Waals surface area contributed by atoms with Gasteiger partial charge in [-0.05, 0) is 51.6 Å². The van der Waals surface area contributed by atoms with Crippen LogP contribution in [0.15, 0.2) is 0 Å². The monoisotopic (exact) mass is 665 g/mol. The van der Waals surface area contributed by atoms with Crippen LogP contribution in [0.1, 0.15) is 188 Å². The fourth-order valence-electron chi connectivity index (χ4n) is 6.71. The van der Waals surface area contributed by atoms with Gasteiger partial charge in [0.2, 0.25) is 5.91 Å². The molecule has 0 spiro atoms. The molecular formula is C40H76N2O5. The second kappa shape index (κ2) is 29.3. The Morgan fingerprint density at radius 3 is 1.28 bits per heavy atom. The molecule has 0 aliphatic carbocycles. The Labute approximate surface area is 290 Å². The highest BCUT2D eigenvalue weighted by atomic mass is 16.5. The third-order valence-electron chi connectivity index (χ3n) is 9.95. The summed E-state index contributed by atoms with van der Waals surface area (Å²) in [6, 6.07) is 0. The van der Waals surface area contributed by atoms with Gasteiger partial charge >= 0.3 is 11.9 Å². The zero-order chi connectivity index (χ0) is 34.4. The SMILES string of the molecule is CCCCCCCCCCCC(=O)OCC1(COC(=O)CCCCCCCCCCC)CCN(C(=O)CCN(CCC)CCC)CC1. The molecule has 1 rings (SSSR count). The molecule has 1 aliphatic rings. The number of carbonyl (C=O) groups excluding carboxylic acids is 3. The number of ether oxygens (including phenoxy) is 2. The number of amides is 1. The Hall–Kier alpha value is -1.63. The number of rotatable bonds is 31. The summed E-state index contributed by atoms with van der Waals surface area (Å²) < 4.78 is 11.7. The van der Waals surface area contributed by atoms with Crippen LogP contribution >= 0.6 is 0 Å². The van der Waals surface area contributed by atoms with Crippen molar-refractivity contribution in [1.82, 2.24) is 9.80 Å². The van der Waals surface area contributed by atoms with E-state index in [1.54, 1.807) is 0 Å². The molecule has 7 heteroatoms. The highest BCUT2D eigenvalue weighted by Crippen LogP contribution is 2.33. The summed E-state index contributed by atoms with van der Waals surface area (Å²) in [5.74, 6) is -0.113. The van der Waals surface area contributed by atoms with Crippen molar-refractivity contribution in [1.29, 1.82) is 0 Å². The van der Waals surface area contributed by atoms with Gasteiger partial charge in [0.25, 0.3) is 0 Å². The van der Waals surface area contributed by atoms with E-state index in [9.17, 15) is 14.4 Å². The van der Waals surface area contributed by atoms with E-state index in [1.807, 2.05) is 4.90 Å².